The first-order valence-corrected chi connectivity index (χ1v) is 5.05. The molecule has 72 valence electrons. The largest absolute Gasteiger partial charge is 0.325 e. The van der Waals surface area contributed by atoms with Crippen LogP contribution in [0.5, 0.6) is 0 Å². The molecule has 14 heavy (non-hydrogen) atoms. The van der Waals surface area contributed by atoms with Crippen LogP contribution in [-0.4, -0.2) is 9.61 Å². The van der Waals surface area contributed by atoms with Crippen LogP contribution < -0.4 is 5.73 Å². The van der Waals surface area contributed by atoms with E-state index in [1.54, 1.807) is 0 Å². The van der Waals surface area contributed by atoms with Crippen LogP contribution in [0.1, 0.15) is 30.0 Å². The average molecular weight is 187 g/mol. The summed E-state index contributed by atoms with van der Waals surface area (Å²) in [5, 5.41) is 4.34. The summed E-state index contributed by atoms with van der Waals surface area (Å²) in [6, 6.07) is 6.45. The fraction of sp³-hybridized carbons (Fsp3) is 0.364. The quantitative estimate of drug-likeness (QED) is 0.777. The minimum atomic E-state index is 0.514. The standard InChI is InChI=1S/C11H13N3/c12-7-10-6-11-5-9(8-1-2-8)3-4-14(11)13-10/h3-6,8H,1-2,7,12H2. The first kappa shape index (κ1) is 8.00. The highest BCUT2D eigenvalue weighted by Crippen LogP contribution is 2.40. The molecule has 2 aromatic heterocycles. The molecule has 0 amide bonds. The van der Waals surface area contributed by atoms with Crippen molar-refractivity contribution in [2.24, 2.45) is 5.73 Å². The Bertz CT molecular complexity index is 468. The van der Waals surface area contributed by atoms with E-state index >= 15 is 0 Å². The molecule has 0 unspecified atom stereocenters. The van der Waals surface area contributed by atoms with Crippen molar-refractivity contribution >= 4 is 5.52 Å². The molecule has 0 saturated heterocycles. The minimum absolute atomic E-state index is 0.514. The van der Waals surface area contributed by atoms with Gasteiger partial charge in [0.1, 0.15) is 0 Å². The second kappa shape index (κ2) is 2.82. The van der Waals surface area contributed by atoms with Crippen molar-refractivity contribution in [1.29, 1.82) is 0 Å². The van der Waals surface area contributed by atoms with Gasteiger partial charge in [0, 0.05) is 12.7 Å². The normalized spacial score (nSPS) is 16.4. The predicted molar refractivity (Wildman–Crippen MR) is 55.1 cm³/mol. The third kappa shape index (κ3) is 1.21. The van der Waals surface area contributed by atoms with E-state index in [-0.39, 0.29) is 0 Å². The topological polar surface area (TPSA) is 43.3 Å². The van der Waals surface area contributed by atoms with Crippen molar-refractivity contribution in [2.75, 3.05) is 0 Å². The number of hydrogen-bond acceptors (Lipinski definition) is 2. The van der Waals surface area contributed by atoms with E-state index in [9.17, 15) is 0 Å². The number of nitrogens with two attached hydrogens (primary N) is 1. The van der Waals surface area contributed by atoms with E-state index in [4.69, 9.17) is 5.73 Å². The molecule has 0 bridgehead atoms. The third-order valence-corrected chi connectivity index (χ3v) is 2.80. The lowest BCUT2D eigenvalue weighted by Crippen LogP contribution is -1.97. The van der Waals surface area contributed by atoms with Gasteiger partial charge in [0.2, 0.25) is 0 Å². The van der Waals surface area contributed by atoms with Crippen molar-refractivity contribution in [3.8, 4) is 0 Å². The highest BCUT2D eigenvalue weighted by molar-refractivity contribution is 5.50. The fourth-order valence-corrected chi connectivity index (χ4v) is 1.83. The molecule has 0 atom stereocenters. The maximum absolute atomic E-state index is 5.55. The Morgan fingerprint density at radius 2 is 2.29 bits per heavy atom. The van der Waals surface area contributed by atoms with E-state index in [1.807, 2.05) is 10.7 Å². The monoisotopic (exact) mass is 187 g/mol. The lowest BCUT2D eigenvalue weighted by atomic mass is 10.1. The second-order valence-electron chi connectivity index (χ2n) is 3.94. The van der Waals surface area contributed by atoms with Crippen molar-refractivity contribution in [2.45, 2.75) is 25.3 Å². The van der Waals surface area contributed by atoms with Crippen LogP contribution >= 0.6 is 0 Å². The summed E-state index contributed by atoms with van der Waals surface area (Å²) >= 11 is 0. The summed E-state index contributed by atoms with van der Waals surface area (Å²) in [6.45, 7) is 0.514. The first-order chi connectivity index (χ1) is 6.86. The van der Waals surface area contributed by atoms with Gasteiger partial charge in [-0.1, -0.05) is 0 Å². The molecule has 2 aromatic rings. The fourth-order valence-electron chi connectivity index (χ4n) is 1.83. The van der Waals surface area contributed by atoms with Crippen LogP contribution in [0.15, 0.2) is 24.4 Å². The summed E-state index contributed by atoms with van der Waals surface area (Å²) in [6.07, 6.45) is 4.71. The van der Waals surface area contributed by atoms with Gasteiger partial charge in [-0.15, -0.1) is 0 Å². The molecule has 0 aliphatic heterocycles. The van der Waals surface area contributed by atoms with Gasteiger partial charge in [-0.25, -0.2) is 4.52 Å². The molecule has 1 saturated carbocycles. The SMILES string of the molecule is NCc1cc2cc(C3CC3)ccn2n1. The smallest absolute Gasteiger partial charge is 0.0770 e. The molecule has 0 aromatic carbocycles. The minimum Gasteiger partial charge on any atom is -0.325 e. The Morgan fingerprint density at radius 3 is 3.00 bits per heavy atom. The van der Waals surface area contributed by atoms with E-state index in [0.717, 1.165) is 17.1 Å². The molecule has 3 nitrogen and oxygen atoms in total. The summed E-state index contributed by atoms with van der Waals surface area (Å²) in [5.41, 5.74) is 9.11. The lowest BCUT2D eigenvalue weighted by molar-refractivity contribution is 0.880. The Morgan fingerprint density at radius 1 is 1.43 bits per heavy atom. The molecule has 3 rings (SSSR count). The first-order valence-electron chi connectivity index (χ1n) is 5.05. The average Bonchev–Trinajstić information content (AvgIpc) is 2.97. The highest BCUT2D eigenvalue weighted by Gasteiger charge is 2.23. The van der Waals surface area contributed by atoms with Gasteiger partial charge < -0.3 is 5.73 Å². The number of fused-ring (bicyclic) bond motifs is 1. The molecule has 0 spiro atoms. The summed E-state index contributed by atoms with van der Waals surface area (Å²) in [7, 11) is 0. The Hall–Kier alpha value is -1.35. The van der Waals surface area contributed by atoms with E-state index in [0.29, 0.717) is 6.54 Å². The highest BCUT2D eigenvalue weighted by atomic mass is 15.2. The van der Waals surface area contributed by atoms with Crippen LogP contribution in [0.4, 0.5) is 0 Å². The van der Waals surface area contributed by atoms with Crippen LogP contribution in [0.3, 0.4) is 0 Å². The van der Waals surface area contributed by atoms with Crippen LogP contribution in [-0.2, 0) is 6.54 Å². The van der Waals surface area contributed by atoms with E-state index in [1.165, 1.54) is 18.4 Å². The zero-order chi connectivity index (χ0) is 9.54. The zero-order valence-corrected chi connectivity index (χ0v) is 7.98. The second-order valence-corrected chi connectivity index (χ2v) is 3.94. The lowest BCUT2D eigenvalue weighted by Gasteiger charge is -1.97. The number of nitrogens with zero attached hydrogens (tertiary/aromatic N) is 2. The van der Waals surface area contributed by atoms with E-state index < -0.39 is 0 Å². The van der Waals surface area contributed by atoms with Crippen LogP contribution in [0.2, 0.25) is 0 Å². The Kier molecular flexibility index (Phi) is 1.61. The summed E-state index contributed by atoms with van der Waals surface area (Å²) in [5.74, 6) is 0.802. The van der Waals surface area contributed by atoms with Gasteiger partial charge in [0.15, 0.2) is 0 Å². The number of hydrogen-bond donors (Lipinski definition) is 1. The Labute approximate surface area is 82.5 Å². The molecule has 0 radical (unpaired) electrons. The van der Waals surface area contributed by atoms with Gasteiger partial charge in [-0.3, -0.25) is 0 Å². The van der Waals surface area contributed by atoms with Gasteiger partial charge in [0.25, 0.3) is 0 Å². The van der Waals surface area contributed by atoms with E-state index in [2.05, 4.69) is 23.3 Å². The van der Waals surface area contributed by atoms with Crippen molar-refractivity contribution in [3.05, 3.63) is 35.7 Å². The molecule has 2 heterocycles. The molecule has 1 aliphatic carbocycles. The molecule has 3 heteroatoms. The number of rotatable bonds is 2. The molecule has 1 aliphatic rings. The molecular formula is C11H13N3. The van der Waals surface area contributed by atoms with Gasteiger partial charge >= 0.3 is 0 Å². The molecular weight excluding hydrogens is 174 g/mol. The molecule has 1 fully saturated rings. The molecule has 2 N–H and O–H groups in total. The Balaban J connectivity index is 2.12. The predicted octanol–water partition coefficient (Wildman–Crippen LogP) is 1.67. The number of pyridine rings is 1. The number of aromatic nitrogens is 2. The van der Waals surface area contributed by atoms with Gasteiger partial charge in [-0.2, -0.15) is 5.10 Å². The van der Waals surface area contributed by atoms with Crippen LogP contribution in [0.25, 0.3) is 5.52 Å². The van der Waals surface area contributed by atoms with Gasteiger partial charge in [0.05, 0.1) is 11.2 Å². The van der Waals surface area contributed by atoms with Gasteiger partial charge in [-0.05, 0) is 42.5 Å². The van der Waals surface area contributed by atoms with Crippen molar-refractivity contribution in [1.82, 2.24) is 9.61 Å². The van der Waals surface area contributed by atoms with Crippen LogP contribution in [0, 0.1) is 0 Å². The van der Waals surface area contributed by atoms with Crippen molar-refractivity contribution < 1.29 is 0 Å². The zero-order valence-electron chi connectivity index (χ0n) is 7.98. The van der Waals surface area contributed by atoms with Crippen molar-refractivity contribution in [3.63, 3.8) is 0 Å². The maximum Gasteiger partial charge on any atom is 0.0770 e. The maximum atomic E-state index is 5.55. The summed E-state index contributed by atoms with van der Waals surface area (Å²) in [4.78, 5) is 0. The summed E-state index contributed by atoms with van der Waals surface area (Å²) < 4.78 is 1.90. The third-order valence-electron chi connectivity index (χ3n) is 2.80.